The molecule has 0 aromatic carbocycles. The predicted octanol–water partition coefficient (Wildman–Crippen LogP) is 3.00. The molecular formula is C19H27N3O3. The molecule has 4 rings (SSSR count). The predicted molar refractivity (Wildman–Crippen MR) is 93.0 cm³/mol. The van der Waals surface area contributed by atoms with Crippen molar-refractivity contribution in [1.29, 1.82) is 0 Å². The van der Waals surface area contributed by atoms with Crippen LogP contribution in [0.4, 0.5) is 0 Å². The molecule has 2 aromatic rings. The summed E-state index contributed by atoms with van der Waals surface area (Å²) in [5.41, 5.74) is 1.19. The van der Waals surface area contributed by atoms with Crippen LogP contribution in [-0.2, 0) is 29.2 Å². The van der Waals surface area contributed by atoms with Crippen LogP contribution in [0.3, 0.4) is 0 Å². The van der Waals surface area contributed by atoms with E-state index in [-0.39, 0.29) is 6.04 Å². The van der Waals surface area contributed by atoms with E-state index in [9.17, 15) is 0 Å². The largest absolute Gasteiger partial charge is 0.468 e. The van der Waals surface area contributed by atoms with Gasteiger partial charge >= 0.3 is 0 Å². The van der Waals surface area contributed by atoms with E-state index in [0.29, 0.717) is 12.5 Å². The maximum absolute atomic E-state index is 5.99. The lowest BCUT2D eigenvalue weighted by Crippen LogP contribution is -2.37. The highest BCUT2D eigenvalue weighted by Crippen LogP contribution is 2.27. The van der Waals surface area contributed by atoms with Crippen LogP contribution in [0, 0.1) is 5.92 Å². The molecule has 0 spiro atoms. The summed E-state index contributed by atoms with van der Waals surface area (Å²) in [5, 5.41) is 0. The monoisotopic (exact) mass is 345 g/mol. The van der Waals surface area contributed by atoms with Crippen molar-refractivity contribution in [2.24, 2.45) is 5.92 Å². The van der Waals surface area contributed by atoms with Crippen molar-refractivity contribution in [3.8, 4) is 0 Å². The molecule has 1 saturated heterocycles. The van der Waals surface area contributed by atoms with Gasteiger partial charge in [-0.05, 0) is 37.8 Å². The van der Waals surface area contributed by atoms with Crippen LogP contribution in [0.5, 0.6) is 0 Å². The third kappa shape index (κ3) is 3.81. The summed E-state index contributed by atoms with van der Waals surface area (Å²) >= 11 is 0. The summed E-state index contributed by atoms with van der Waals surface area (Å²) < 4.78 is 19.2. The summed E-state index contributed by atoms with van der Waals surface area (Å²) in [6, 6.07) is 4.25. The van der Waals surface area contributed by atoms with E-state index in [1.54, 1.807) is 6.26 Å². The quantitative estimate of drug-likeness (QED) is 0.805. The van der Waals surface area contributed by atoms with Crippen LogP contribution >= 0.6 is 0 Å². The first-order chi connectivity index (χ1) is 12.3. The molecule has 136 valence electrons. The molecule has 6 nitrogen and oxygen atoms in total. The lowest BCUT2D eigenvalue weighted by molar-refractivity contribution is 0.0139. The van der Waals surface area contributed by atoms with E-state index in [0.717, 1.165) is 63.9 Å². The van der Waals surface area contributed by atoms with Gasteiger partial charge in [0.25, 0.3) is 0 Å². The van der Waals surface area contributed by atoms with E-state index in [1.807, 2.05) is 18.3 Å². The van der Waals surface area contributed by atoms with Crippen molar-refractivity contribution in [3.05, 3.63) is 41.9 Å². The zero-order valence-electron chi connectivity index (χ0n) is 14.9. The first-order valence-electron chi connectivity index (χ1n) is 9.27. The minimum Gasteiger partial charge on any atom is -0.468 e. The van der Waals surface area contributed by atoms with Crippen molar-refractivity contribution in [1.82, 2.24) is 14.5 Å². The number of furan rings is 1. The molecule has 1 fully saturated rings. The fourth-order valence-corrected chi connectivity index (χ4v) is 3.78. The second kappa shape index (κ2) is 7.72. The smallest absolute Gasteiger partial charge is 0.126 e. The average molecular weight is 345 g/mol. The number of ether oxygens (including phenoxy) is 2. The normalized spacial score (nSPS) is 22.2. The van der Waals surface area contributed by atoms with Crippen molar-refractivity contribution < 1.29 is 13.9 Å². The van der Waals surface area contributed by atoms with Gasteiger partial charge < -0.3 is 18.5 Å². The highest BCUT2D eigenvalue weighted by Gasteiger charge is 2.27. The Kier molecular flexibility index (Phi) is 5.20. The second-order valence-corrected chi connectivity index (χ2v) is 7.06. The van der Waals surface area contributed by atoms with E-state index in [4.69, 9.17) is 13.9 Å². The summed E-state index contributed by atoms with van der Waals surface area (Å²) in [6.07, 6.45) is 5.94. The molecule has 0 radical (unpaired) electrons. The number of nitrogens with zero attached hydrogens (tertiary/aromatic N) is 3. The summed E-state index contributed by atoms with van der Waals surface area (Å²) in [5.74, 6) is 2.77. The third-order valence-corrected chi connectivity index (χ3v) is 5.38. The maximum atomic E-state index is 5.99. The fraction of sp³-hybridized carbons (Fsp3) is 0.632. The van der Waals surface area contributed by atoms with Crippen LogP contribution in [-0.4, -0.2) is 40.8 Å². The molecule has 0 amide bonds. The standard InChI is InChI=1S/C19H27N3O3/c1-15-19-20-11-17(14-24-13-16-4-9-23-10-5-16)22(19)7-6-21(15)12-18-3-2-8-25-18/h2-3,8,11,15-16H,4-7,9-10,12-14H2,1H3. The zero-order chi connectivity index (χ0) is 17.1. The van der Waals surface area contributed by atoms with Gasteiger partial charge in [-0.2, -0.15) is 0 Å². The fourth-order valence-electron chi connectivity index (χ4n) is 3.78. The molecule has 0 bridgehead atoms. The molecule has 1 unspecified atom stereocenters. The topological polar surface area (TPSA) is 52.7 Å². The van der Waals surface area contributed by atoms with Crippen LogP contribution in [0.1, 0.15) is 43.1 Å². The molecule has 0 aliphatic carbocycles. The highest BCUT2D eigenvalue weighted by molar-refractivity contribution is 5.11. The molecule has 25 heavy (non-hydrogen) atoms. The van der Waals surface area contributed by atoms with Gasteiger partial charge in [-0.3, -0.25) is 4.90 Å². The Labute approximate surface area is 148 Å². The summed E-state index contributed by atoms with van der Waals surface area (Å²) in [7, 11) is 0. The molecule has 4 heterocycles. The Morgan fingerprint density at radius 3 is 2.96 bits per heavy atom. The molecule has 1 atom stereocenters. The van der Waals surface area contributed by atoms with Crippen LogP contribution in [0.2, 0.25) is 0 Å². The third-order valence-electron chi connectivity index (χ3n) is 5.38. The SMILES string of the molecule is CC1c2ncc(COCC3CCOCC3)n2CCN1Cc1ccco1. The van der Waals surface area contributed by atoms with Gasteiger partial charge in [0.2, 0.25) is 0 Å². The first kappa shape index (κ1) is 16.8. The molecule has 2 aromatic heterocycles. The zero-order valence-corrected chi connectivity index (χ0v) is 14.9. The van der Waals surface area contributed by atoms with Crippen LogP contribution in [0.15, 0.2) is 29.0 Å². The minimum absolute atomic E-state index is 0.281. The van der Waals surface area contributed by atoms with Gasteiger partial charge in [0.1, 0.15) is 11.6 Å². The van der Waals surface area contributed by atoms with Gasteiger partial charge in [-0.25, -0.2) is 4.98 Å². The second-order valence-electron chi connectivity index (χ2n) is 7.06. The Balaban J connectivity index is 1.34. The number of hydrogen-bond acceptors (Lipinski definition) is 5. The van der Waals surface area contributed by atoms with Crippen LogP contribution < -0.4 is 0 Å². The number of imidazole rings is 1. The highest BCUT2D eigenvalue weighted by atomic mass is 16.5. The Morgan fingerprint density at radius 2 is 2.16 bits per heavy atom. The molecule has 2 aliphatic rings. The van der Waals surface area contributed by atoms with E-state index >= 15 is 0 Å². The van der Waals surface area contributed by atoms with E-state index < -0.39 is 0 Å². The Bertz CT molecular complexity index is 662. The Hall–Kier alpha value is -1.63. The number of fused-ring (bicyclic) bond motifs is 1. The van der Waals surface area contributed by atoms with E-state index in [1.165, 1.54) is 5.69 Å². The Morgan fingerprint density at radius 1 is 1.28 bits per heavy atom. The van der Waals surface area contributed by atoms with Crippen LogP contribution in [0.25, 0.3) is 0 Å². The van der Waals surface area contributed by atoms with Crippen molar-refractivity contribution in [2.75, 3.05) is 26.4 Å². The van der Waals surface area contributed by atoms with Gasteiger partial charge in [-0.15, -0.1) is 0 Å². The summed E-state index contributed by atoms with van der Waals surface area (Å²) in [6.45, 7) is 8.22. The maximum Gasteiger partial charge on any atom is 0.126 e. The molecule has 2 aliphatic heterocycles. The minimum atomic E-state index is 0.281. The van der Waals surface area contributed by atoms with Crippen molar-refractivity contribution in [3.63, 3.8) is 0 Å². The first-order valence-corrected chi connectivity index (χ1v) is 9.27. The van der Waals surface area contributed by atoms with Gasteiger partial charge in [0.15, 0.2) is 0 Å². The van der Waals surface area contributed by atoms with Gasteiger partial charge in [0, 0.05) is 26.3 Å². The number of rotatable bonds is 6. The number of hydrogen-bond donors (Lipinski definition) is 0. The molecule has 6 heteroatoms. The average Bonchev–Trinajstić information content (AvgIpc) is 3.29. The van der Waals surface area contributed by atoms with Crippen molar-refractivity contribution in [2.45, 2.75) is 45.5 Å². The lowest BCUT2D eigenvalue weighted by Gasteiger charge is -2.33. The van der Waals surface area contributed by atoms with Gasteiger partial charge in [0.05, 0.1) is 44.0 Å². The van der Waals surface area contributed by atoms with Crippen molar-refractivity contribution >= 4 is 0 Å². The molecule has 0 N–H and O–H groups in total. The summed E-state index contributed by atoms with van der Waals surface area (Å²) in [4.78, 5) is 7.08. The number of aromatic nitrogens is 2. The lowest BCUT2D eigenvalue weighted by atomic mass is 10.0. The molecular weight excluding hydrogens is 318 g/mol. The van der Waals surface area contributed by atoms with E-state index in [2.05, 4.69) is 21.4 Å². The van der Waals surface area contributed by atoms with Gasteiger partial charge in [-0.1, -0.05) is 0 Å². The molecule has 0 saturated carbocycles.